The molecule has 0 aliphatic carbocycles. The molecule has 31 heavy (non-hydrogen) atoms. The first-order valence-corrected chi connectivity index (χ1v) is 10.4. The summed E-state index contributed by atoms with van der Waals surface area (Å²) in [6.45, 7) is 6.90. The summed E-state index contributed by atoms with van der Waals surface area (Å²) < 4.78 is 12.2. The van der Waals surface area contributed by atoms with Crippen molar-refractivity contribution < 1.29 is 19.4 Å². The Hall–Kier alpha value is -3.29. The third-order valence-corrected chi connectivity index (χ3v) is 5.70. The molecular weight excluding hydrogens is 398 g/mol. The van der Waals surface area contributed by atoms with E-state index in [1.165, 1.54) is 18.8 Å². The molecule has 0 bridgehead atoms. The van der Waals surface area contributed by atoms with Gasteiger partial charge in [0.2, 0.25) is 5.88 Å². The Morgan fingerprint density at radius 2 is 2.00 bits per heavy atom. The summed E-state index contributed by atoms with van der Waals surface area (Å²) in [6, 6.07) is 5.13. The van der Waals surface area contributed by atoms with Gasteiger partial charge in [-0.05, 0) is 30.9 Å². The minimum Gasteiger partial charge on any atom is -0.494 e. The number of hydrogen-bond acceptors (Lipinski definition) is 6. The van der Waals surface area contributed by atoms with Gasteiger partial charge in [0.1, 0.15) is 23.0 Å². The van der Waals surface area contributed by atoms with Crippen molar-refractivity contribution in [2.45, 2.75) is 32.6 Å². The zero-order valence-corrected chi connectivity index (χ0v) is 18.3. The maximum absolute atomic E-state index is 13.6. The van der Waals surface area contributed by atoms with Crippen LogP contribution in [0.25, 0.3) is 5.69 Å². The smallest absolute Gasteiger partial charge is 0.275 e. The molecule has 1 aromatic carbocycles. The van der Waals surface area contributed by atoms with E-state index in [9.17, 15) is 14.7 Å². The summed E-state index contributed by atoms with van der Waals surface area (Å²) in [5, 5.41) is 10.6. The second kappa shape index (κ2) is 9.68. The molecule has 1 saturated heterocycles. The number of likely N-dealkylation sites (tertiary alicyclic amines) is 1. The fourth-order valence-electron chi connectivity index (χ4n) is 3.93. The number of aromatic nitrogens is 2. The fraction of sp³-hybridized carbons (Fsp3) is 0.435. The van der Waals surface area contributed by atoms with Crippen molar-refractivity contribution in [2.75, 3.05) is 27.3 Å². The summed E-state index contributed by atoms with van der Waals surface area (Å²) in [6.07, 6.45) is 4.39. The lowest BCUT2D eigenvalue weighted by atomic mass is 10.1. The van der Waals surface area contributed by atoms with Crippen LogP contribution in [0.5, 0.6) is 17.4 Å². The van der Waals surface area contributed by atoms with Gasteiger partial charge < -0.3 is 19.5 Å². The summed E-state index contributed by atoms with van der Waals surface area (Å²) >= 11 is 0. The van der Waals surface area contributed by atoms with Gasteiger partial charge in [-0.25, -0.2) is 0 Å². The first kappa shape index (κ1) is 22.4. The van der Waals surface area contributed by atoms with Gasteiger partial charge in [0.15, 0.2) is 5.56 Å². The van der Waals surface area contributed by atoms with Gasteiger partial charge in [0.05, 0.1) is 14.2 Å². The highest BCUT2D eigenvalue weighted by molar-refractivity contribution is 5.96. The molecule has 0 saturated carbocycles. The van der Waals surface area contributed by atoms with Gasteiger partial charge in [-0.3, -0.25) is 14.2 Å². The topological polar surface area (TPSA) is 93.9 Å². The first-order valence-electron chi connectivity index (χ1n) is 10.4. The standard InChI is InChI=1S/C23H29N3O5/c1-5-7-11-18-24-21(27)19(22(28)25-13-12-15(6-2)14-25)23(29)26(18)20-16(30-3)9-8-10-17(20)31-4/h5,8-10,15,27H,1,6-7,11-14H2,2-4H3/t15-/m1/s1. The highest BCUT2D eigenvalue weighted by Crippen LogP contribution is 2.33. The maximum Gasteiger partial charge on any atom is 0.275 e. The molecule has 1 aliphatic heterocycles. The number of aromatic hydroxyl groups is 1. The number of amides is 1. The van der Waals surface area contributed by atoms with E-state index >= 15 is 0 Å². The van der Waals surface area contributed by atoms with Crippen LogP contribution in [-0.2, 0) is 6.42 Å². The molecule has 0 unspecified atom stereocenters. The number of carbonyl (C=O) groups excluding carboxylic acids is 1. The third-order valence-electron chi connectivity index (χ3n) is 5.70. The fourth-order valence-corrected chi connectivity index (χ4v) is 3.93. The molecule has 1 aliphatic rings. The summed E-state index contributed by atoms with van der Waals surface area (Å²) in [5.41, 5.74) is -0.655. The van der Waals surface area contributed by atoms with Crippen molar-refractivity contribution in [1.82, 2.24) is 14.5 Å². The van der Waals surface area contributed by atoms with Crippen LogP contribution in [-0.4, -0.2) is 52.8 Å². The molecule has 8 nitrogen and oxygen atoms in total. The Kier molecular flexibility index (Phi) is 6.99. The van der Waals surface area contributed by atoms with Crippen LogP contribution in [0.15, 0.2) is 35.6 Å². The first-order chi connectivity index (χ1) is 15.0. The van der Waals surface area contributed by atoms with Crippen LogP contribution in [0.2, 0.25) is 0 Å². The lowest BCUT2D eigenvalue weighted by Crippen LogP contribution is -2.37. The Balaban J connectivity index is 2.23. The Bertz CT molecular complexity index is 1010. The molecule has 2 aromatic rings. The number of carbonyl (C=O) groups is 1. The van der Waals surface area contributed by atoms with Gasteiger partial charge >= 0.3 is 0 Å². The number of aryl methyl sites for hydroxylation is 1. The number of benzene rings is 1. The molecule has 1 N–H and O–H groups in total. The van der Waals surface area contributed by atoms with E-state index in [0.29, 0.717) is 49.0 Å². The molecule has 1 amide bonds. The Labute approximate surface area is 181 Å². The average Bonchev–Trinajstić information content (AvgIpc) is 3.26. The molecule has 3 rings (SSSR count). The minimum absolute atomic E-state index is 0.287. The Morgan fingerprint density at radius 3 is 2.55 bits per heavy atom. The number of allylic oxidation sites excluding steroid dienone is 1. The van der Waals surface area contributed by atoms with Gasteiger partial charge in [-0.2, -0.15) is 4.98 Å². The lowest BCUT2D eigenvalue weighted by molar-refractivity contribution is 0.0780. The monoisotopic (exact) mass is 427 g/mol. The van der Waals surface area contributed by atoms with Gasteiger partial charge in [0, 0.05) is 19.5 Å². The molecule has 2 heterocycles. The van der Waals surface area contributed by atoms with Gasteiger partial charge in [-0.15, -0.1) is 6.58 Å². The van der Waals surface area contributed by atoms with Gasteiger partial charge in [0.25, 0.3) is 11.5 Å². The molecular formula is C23H29N3O5. The van der Waals surface area contributed by atoms with E-state index in [-0.39, 0.29) is 11.4 Å². The van der Waals surface area contributed by atoms with E-state index in [2.05, 4.69) is 18.5 Å². The Morgan fingerprint density at radius 1 is 1.32 bits per heavy atom. The third kappa shape index (κ3) is 4.28. The van der Waals surface area contributed by atoms with Crippen molar-refractivity contribution in [1.29, 1.82) is 0 Å². The average molecular weight is 428 g/mol. The molecule has 1 atom stereocenters. The summed E-state index contributed by atoms with van der Waals surface area (Å²) in [5.74, 6) is 0.388. The molecule has 166 valence electrons. The van der Waals surface area contributed by atoms with Crippen molar-refractivity contribution in [3.63, 3.8) is 0 Å². The minimum atomic E-state index is -0.653. The predicted octanol–water partition coefficient (Wildman–Crippen LogP) is 2.95. The number of para-hydroxylation sites is 1. The number of hydrogen-bond donors (Lipinski definition) is 1. The molecule has 1 fully saturated rings. The normalized spacial score (nSPS) is 15.7. The van der Waals surface area contributed by atoms with Crippen LogP contribution >= 0.6 is 0 Å². The van der Waals surface area contributed by atoms with E-state index < -0.39 is 17.3 Å². The number of rotatable bonds is 8. The zero-order chi connectivity index (χ0) is 22.5. The van der Waals surface area contributed by atoms with E-state index in [1.807, 2.05) is 0 Å². The van der Waals surface area contributed by atoms with Crippen LogP contribution in [0.1, 0.15) is 42.4 Å². The van der Waals surface area contributed by atoms with Crippen LogP contribution in [0.4, 0.5) is 0 Å². The number of methoxy groups -OCH3 is 2. The number of ether oxygens (including phenoxy) is 2. The highest BCUT2D eigenvalue weighted by atomic mass is 16.5. The quantitative estimate of drug-likeness (QED) is 0.651. The van der Waals surface area contributed by atoms with E-state index in [1.54, 1.807) is 29.2 Å². The van der Waals surface area contributed by atoms with Gasteiger partial charge in [-0.1, -0.05) is 25.5 Å². The van der Waals surface area contributed by atoms with Crippen molar-refractivity contribution >= 4 is 5.91 Å². The molecule has 0 radical (unpaired) electrons. The second-order valence-corrected chi connectivity index (χ2v) is 7.52. The van der Waals surface area contributed by atoms with Crippen LogP contribution < -0.4 is 15.0 Å². The largest absolute Gasteiger partial charge is 0.494 e. The SMILES string of the molecule is C=CCCc1nc(O)c(C(=O)N2CC[C@@H](CC)C2)c(=O)n1-c1c(OC)cccc1OC. The summed E-state index contributed by atoms with van der Waals surface area (Å²) in [4.78, 5) is 32.7. The van der Waals surface area contributed by atoms with E-state index in [4.69, 9.17) is 9.47 Å². The lowest BCUT2D eigenvalue weighted by Gasteiger charge is -2.21. The van der Waals surface area contributed by atoms with Crippen LogP contribution in [0.3, 0.4) is 0 Å². The van der Waals surface area contributed by atoms with Crippen molar-refractivity contribution in [2.24, 2.45) is 5.92 Å². The van der Waals surface area contributed by atoms with Crippen molar-refractivity contribution in [3.8, 4) is 23.1 Å². The van der Waals surface area contributed by atoms with Crippen LogP contribution in [0, 0.1) is 5.92 Å². The second-order valence-electron chi connectivity index (χ2n) is 7.52. The maximum atomic E-state index is 13.6. The predicted molar refractivity (Wildman–Crippen MR) is 117 cm³/mol. The van der Waals surface area contributed by atoms with Crippen molar-refractivity contribution in [3.05, 3.63) is 52.6 Å². The van der Waals surface area contributed by atoms with E-state index in [0.717, 1.165) is 12.8 Å². The molecule has 8 heteroatoms. The highest BCUT2D eigenvalue weighted by Gasteiger charge is 2.32. The molecule has 1 aromatic heterocycles. The molecule has 0 spiro atoms. The summed E-state index contributed by atoms with van der Waals surface area (Å²) in [7, 11) is 2.98. The zero-order valence-electron chi connectivity index (χ0n) is 18.3. The number of nitrogens with zero attached hydrogens (tertiary/aromatic N) is 3.